The average molecular weight is 330 g/mol. The lowest BCUT2D eigenvalue weighted by Gasteiger charge is -1.94. The van der Waals surface area contributed by atoms with Gasteiger partial charge in [0.15, 0.2) is 15.8 Å². The predicted octanol–water partition coefficient (Wildman–Crippen LogP) is 1.10. The van der Waals surface area contributed by atoms with Gasteiger partial charge in [0.05, 0.1) is 5.75 Å². The van der Waals surface area contributed by atoms with E-state index in [1.807, 2.05) is 0 Å². The first-order valence-corrected chi connectivity index (χ1v) is 7.32. The summed E-state index contributed by atoms with van der Waals surface area (Å²) in [6.45, 7) is 0.217. The van der Waals surface area contributed by atoms with Crippen LogP contribution in [0.15, 0.2) is 14.9 Å². The molecule has 2 aromatic heterocycles. The second-order valence-corrected chi connectivity index (χ2v) is 5.82. The molecule has 0 fully saturated rings. The number of ether oxygens (including phenoxy) is 1. The van der Waals surface area contributed by atoms with Crippen molar-refractivity contribution in [1.29, 1.82) is 0 Å². The van der Waals surface area contributed by atoms with Crippen LogP contribution in [-0.2, 0) is 16.1 Å². The van der Waals surface area contributed by atoms with Gasteiger partial charge in [0, 0.05) is 13.2 Å². The summed E-state index contributed by atoms with van der Waals surface area (Å²) in [5.41, 5.74) is 0.0944. The van der Waals surface area contributed by atoms with Crippen molar-refractivity contribution in [3.8, 4) is 0 Å². The Morgan fingerprint density at radius 3 is 3.05 bits per heavy atom. The highest BCUT2D eigenvalue weighted by Gasteiger charge is 2.15. The summed E-state index contributed by atoms with van der Waals surface area (Å²) in [7, 11) is 1.50. The van der Waals surface area contributed by atoms with Crippen LogP contribution < -0.4 is 5.32 Å². The zero-order chi connectivity index (χ0) is 15.2. The fraction of sp³-hybridized carbons (Fsp3) is 0.300. The first kappa shape index (κ1) is 15.4. The Hall–Kier alpha value is -1.98. The van der Waals surface area contributed by atoms with Gasteiger partial charge >= 0.3 is 5.97 Å². The fourth-order valence-corrected chi connectivity index (χ4v) is 2.70. The maximum Gasteiger partial charge on any atom is 0.313 e. The third-order valence-electron chi connectivity index (χ3n) is 2.02. The summed E-state index contributed by atoms with van der Waals surface area (Å²) in [6, 6.07) is 1.46. The van der Waals surface area contributed by atoms with E-state index in [1.165, 1.54) is 13.2 Å². The topological polar surface area (TPSA) is 127 Å². The number of methoxy groups -OCH3 is 1. The quantitative estimate of drug-likeness (QED) is 0.566. The third-order valence-corrected chi connectivity index (χ3v) is 3.98. The molecule has 0 aliphatic heterocycles. The van der Waals surface area contributed by atoms with Crippen LogP contribution in [0.2, 0.25) is 0 Å². The number of carbonyl (C=O) groups excluding carboxylic acids is 1. The van der Waals surface area contributed by atoms with Gasteiger partial charge < -0.3 is 14.4 Å². The number of thioether (sulfide) groups is 1. The van der Waals surface area contributed by atoms with Gasteiger partial charge in [0.2, 0.25) is 5.13 Å². The lowest BCUT2D eigenvalue weighted by atomic mass is 10.3. The van der Waals surface area contributed by atoms with E-state index in [4.69, 9.17) is 14.4 Å². The zero-order valence-corrected chi connectivity index (χ0v) is 12.4. The average Bonchev–Trinajstić information content (AvgIpc) is 3.06. The molecule has 0 spiro atoms. The van der Waals surface area contributed by atoms with Gasteiger partial charge in [-0.05, 0) is 0 Å². The smallest absolute Gasteiger partial charge is 0.313 e. The fourth-order valence-electron chi connectivity index (χ4n) is 1.23. The number of amides is 1. The molecule has 2 N–H and O–H groups in total. The lowest BCUT2D eigenvalue weighted by molar-refractivity contribution is -0.133. The number of rotatable bonds is 7. The van der Waals surface area contributed by atoms with E-state index in [0.29, 0.717) is 10.1 Å². The van der Waals surface area contributed by atoms with Crippen molar-refractivity contribution >= 4 is 40.1 Å². The lowest BCUT2D eigenvalue weighted by Crippen LogP contribution is -2.11. The summed E-state index contributed by atoms with van der Waals surface area (Å²) in [5, 5.41) is 22.4. The summed E-state index contributed by atoms with van der Waals surface area (Å²) in [5.74, 6) is -1.13. The number of nitrogens with one attached hydrogen (secondary N) is 1. The van der Waals surface area contributed by atoms with Gasteiger partial charge in [-0.15, -0.1) is 10.2 Å². The number of carboxylic acid groups (broad SMARTS) is 1. The van der Waals surface area contributed by atoms with E-state index < -0.39 is 11.9 Å². The van der Waals surface area contributed by atoms with Gasteiger partial charge in [-0.2, -0.15) is 0 Å². The normalized spacial score (nSPS) is 10.5. The molecule has 9 nitrogen and oxygen atoms in total. The molecule has 0 aromatic carbocycles. The maximum absolute atomic E-state index is 11.9. The molecule has 0 aliphatic rings. The minimum atomic E-state index is -0.950. The molecular weight excluding hydrogens is 320 g/mol. The molecule has 2 heterocycles. The van der Waals surface area contributed by atoms with Gasteiger partial charge in [0.1, 0.15) is 6.61 Å². The van der Waals surface area contributed by atoms with Gasteiger partial charge in [-0.25, -0.2) is 0 Å². The number of aromatic nitrogens is 3. The molecule has 0 saturated carbocycles. The van der Waals surface area contributed by atoms with E-state index in [1.54, 1.807) is 0 Å². The van der Waals surface area contributed by atoms with Crippen LogP contribution in [0.25, 0.3) is 0 Å². The summed E-state index contributed by atoms with van der Waals surface area (Å²) < 4.78 is 10.2. The second-order valence-electron chi connectivity index (χ2n) is 3.62. The Morgan fingerprint density at radius 2 is 2.33 bits per heavy atom. The molecule has 0 saturated heterocycles. The van der Waals surface area contributed by atoms with E-state index in [0.717, 1.165) is 23.1 Å². The van der Waals surface area contributed by atoms with E-state index in [9.17, 15) is 9.59 Å². The molecule has 1 amide bonds. The van der Waals surface area contributed by atoms with Gasteiger partial charge in [-0.3, -0.25) is 14.9 Å². The van der Waals surface area contributed by atoms with E-state index in [-0.39, 0.29) is 23.2 Å². The van der Waals surface area contributed by atoms with Crippen molar-refractivity contribution in [3.05, 3.63) is 17.5 Å². The summed E-state index contributed by atoms with van der Waals surface area (Å²) >= 11 is 2.10. The number of hydrogen-bond donors (Lipinski definition) is 2. The Balaban J connectivity index is 1.94. The molecule has 0 unspecified atom stereocenters. The highest BCUT2D eigenvalue weighted by molar-refractivity contribution is 8.01. The van der Waals surface area contributed by atoms with Crippen LogP contribution in [0.3, 0.4) is 0 Å². The molecule has 0 radical (unpaired) electrons. The number of hydrogen-bond acceptors (Lipinski definition) is 9. The van der Waals surface area contributed by atoms with Crippen LogP contribution in [0.1, 0.15) is 16.2 Å². The Kier molecular flexibility index (Phi) is 5.25. The molecule has 2 rings (SSSR count). The Morgan fingerprint density at radius 1 is 1.52 bits per heavy atom. The first-order chi connectivity index (χ1) is 10.1. The van der Waals surface area contributed by atoms with Crippen molar-refractivity contribution < 1.29 is 24.0 Å². The molecule has 2 aromatic rings. The van der Waals surface area contributed by atoms with Gasteiger partial charge in [0.25, 0.3) is 5.91 Å². The highest BCUT2D eigenvalue weighted by atomic mass is 32.2. The van der Waals surface area contributed by atoms with Crippen molar-refractivity contribution in [2.24, 2.45) is 0 Å². The van der Waals surface area contributed by atoms with Crippen LogP contribution >= 0.6 is 23.1 Å². The first-order valence-electron chi connectivity index (χ1n) is 5.52. The molecule has 112 valence electrons. The standard InChI is InChI=1S/C10H10N4O5S2/c1-18-3-5-2-6(14-19-5)8(17)11-9-12-13-10(21-9)20-4-7(15)16/h2H,3-4H2,1H3,(H,15,16)(H,11,12,17). The molecule has 0 aliphatic carbocycles. The number of aliphatic carboxylic acids is 1. The minimum absolute atomic E-state index is 0.0944. The highest BCUT2D eigenvalue weighted by Crippen LogP contribution is 2.25. The largest absolute Gasteiger partial charge is 0.481 e. The van der Waals surface area contributed by atoms with Crippen molar-refractivity contribution in [2.75, 3.05) is 18.2 Å². The second kappa shape index (κ2) is 7.15. The van der Waals surface area contributed by atoms with Gasteiger partial charge in [-0.1, -0.05) is 28.3 Å². The molecule has 0 atom stereocenters. The minimum Gasteiger partial charge on any atom is -0.481 e. The number of nitrogens with zero attached hydrogens (tertiary/aromatic N) is 3. The summed E-state index contributed by atoms with van der Waals surface area (Å²) in [4.78, 5) is 22.3. The molecule has 21 heavy (non-hydrogen) atoms. The van der Waals surface area contributed by atoms with E-state index >= 15 is 0 Å². The van der Waals surface area contributed by atoms with Crippen LogP contribution in [0.5, 0.6) is 0 Å². The number of carbonyl (C=O) groups is 2. The monoisotopic (exact) mass is 330 g/mol. The molecule has 11 heteroatoms. The molecule has 0 bridgehead atoms. The van der Waals surface area contributed by atoms with Crippen LogP contribution in [-0.4, -0.2) is 45.2 Å². The van der Waals surface area contributed by atoms with Crippen molar-refractivity contribution in [1.82, 2.24) is 15.4 Å². The Bertz CT molecular complexity index is 641. The predicted molar refractivity (Wildman–Crippen MR) is 73.4 cm³/mol. The van der Waals surface area contributed by atoms with Crippen molar-refractivity contribution in [3.63, 3.8) is 0 Å². The SMILES string of the molecule is COCc1cc(C(=O)Nc2nnc(SCC(=O)O)s2)no1. The van der Waals surface area contributed by atoms with E-state index in [2.05, 4.69) is 20.7 Å². The number of carboxylic acids is 1. The van der Waals surface area contributed by atoms with Crippen LogP contribution in [0, 0.1) is 0 Å². The van der Waals surface area contributed by atoms with Crippen LogP contribution in [0.4, 0.5) is 5.13 Å². The summed E-state index contributed by atoms with van der Waals surface area (Å²) in [6.07, 6.45) is 0. The third kappa shape index (κ3) is 4.51. The maximum atomic E-state index is 11.9. The number of anilines is 1. The Labute approximate surface area is 126 Å². The zero-order valence-electron chi connectivity index (χ0n) is 10.7. The van der Waals surface area contributed by atoms with Crippen molar-refractivity contribution in [2.45, 2.75) is 10.9 Å². The molecular formula is C10H10N4O5S2.